The molecule has 0 saturated carbocycles. The van der Waals surface area contributed by atoms with Crippen LogP contribution in [0.3, 0.4) is 0 Å². The van der Waals surface area contributed by atoms with Gasteiger partial charge in [0.2, 0.25) is 5.91 Å². The van der Waals surface area contributed by atoms with Crippen LogP contribution in [-0.4, -0.2) is 17.4 Å². The molecule has 0 spiro atoms. The lowest BCUT2D eigenvalue weighted by atomic mass is 10.0. The molecular formula is C16H21N3OS. The Bertz CT molecular complexity index is 592. The van der Waals surface area contributed by atoms with Crippen LogP contribution in [0.2, 0.25) is 0 Å². The first-order chi connectivity index (χ1) is 10.1. The van der Waals surface area contributed by atoms with Gasteiger partial charge in [0.15, 0.2) is 0 Å². The highest BCUT2D eigenvalue weighted by molar-refractivity contribution is 7.09. The van der Waals surface area contributed by atoms with Crippen LogP contribution in [0.15, 0.2) is 29.6 Å². The maximum Gasteiger partial charge on any atom is 0.228 e. The second kappa shape index (κ2) is 7.33. The number of aryl methyl sites for hydroxylation is 1. The summed E-state index contributed by atoms with van der Waals surface area (Å²) < 4.78 is 0. The van der Waals surface area contributed by atoms with E-state index in [1.165, 1.54) is 0 Å². The van der Waals surface area contributed by atoms with Crippen molar-refractivity contribution < 1.29 is 4.79 Å². The smallest absolute Gasteiger partial charge is 0.228 e. The Kier molecular flexibility index (Phi) is 5.47. The number of carbonyl (C=O) groups is 1. The number of thiazole rings is 1. The molecule has 4 nitrogen and oxygen atoms in total. The number of rotatable bonds is 6. The molecule has 0 aliphatic rings. The second-order valence-corrected chi connectivity index (χ2v) is 6.10. The first-order valence-electron chi connectivity index (χ1n) is 7.17. The van der Waals surface area contributed by atoms with Crippen molar-refractivity contribution >= 4 is 22.9 Å². The van der Waals surface area contributed by atoms with Gasteiger partial charge in [0, 0.05) is 23.2 Å². The van der Waals surface area contributed by atoms with E-state index in [0.29, 0.717) is 6.54 Å². The van der Waals surface area contributed by atoms with Gasteiger partial charge >= 0.3 is 0 Å². The normalized spacial score (nSPS) is 12.1. The zero-order valence-corrected chi connectivity index (χ0v) is 13.2. The van der Waals surface area contributed by atoms with Crippen molar-refractivity contribution in [3.63, 3.8) is 0 Å². The SMILES string of the molecule is CCCC(CN)C(=O)Nc1ccc(-c2csc(C)n2)cc1. The zero-order valence-electron chi connectivity index (χ0n) is 12.4. The van der Waals surface area contributed by atoms with E-state index >= 15 is 0 Å². The summed E-state index contributed by atoms with van der Waals surface area (Å²) in [6, 6.07) is 7.76. The third-order valence-corrected chi connectivity index (χ3v) is 4.13. The highest BCUT2D eigenvalue weighted by Crippen LogP contribution is 2.23. The van der Waals surface area contributed by atoms with E-state index in [2.05, 4.69) is 17.2 Å². The molecule has 1 atom stereocenters. The fourth-order valence-corrected chi connectivity index (χ4v) is 2.79. The van der Waals surface area contributed by atoms with E-state index in [1.807, 2.05) is 36.6 Å². The van der Waals surface area contributed by atoms with E-state index < -0.39 is 0 Å². The largest absolute Gasteiger partial charge is 0.330 e. The van der Waals surface area contributed by atoms with Gasteiger partial charge in [0.25, 0.3) is 0 Å². The van der Waals surface area contributed by atoms with Crippen LogP contribution in [0, 0.1) is 12.8 Å². The number of nitrogens with two attached hydrogens (primary N) is 1. The predicted molar refractivity (Wildman–Crippen MR) is 88.4 cm³/mol. The van der Waals surface area contributed by atoms with Gasteiger partial charge in [-0.2, -0.15) is 0 Å². The summed E-state index contributed by atoms with van der Waals surface area (Å²) in [6.45, 7) is 4.43. The lowest BCUT2D eigenvalue weighted by molar-refractivity contribution is -0.119. The van der Waals surface area contributed by atoms with Crippen molar-refractivity contribution in [2.45, 2.75) is 26.7 Å². The van der Waals surface area contributed by atoms with Crippen LogP contribution in [-0.2, 0) is 4.79 Å². The summed E-state index contributed by atoms with van der Waals surface area (Å²) in [4.78, 5) is 16.5. The van der Waals surface area contributed by atoms with E-state index in [1.54, 1.807) is 11.3 Å². The first kappa shape index (κ1) is 15.7. The van der Waals surface area contributed by atoms with Crippen molar-refractivity contribution in [2.75, 3.05) is 11.9 Å². The Labute approximate surface area is 129 Å². The van der Waals surface area contributed by atoms with Crippen LogP contribution in [0.5, 0.6) is 0 Å². The molecule has 112 valence electrons. The second-order valence-electron chi connectivity index (χ2n) is 5.04. The fourth-order valence-electron chi connectivity index (χ4n) is 2.17. The standard InChI is InChI=1S/C16H21N3OS/c1-3-4-13(9-17)16(20)19-14-7-5-12(6-8-14)15-10-21-11(2)18-15/h5-8,10,13H,3-4,9,17H2,1-2H3,(H,19,20). The van der Waals surface area contributed by atoms with Crippen molar-refractivity contribution in [3.8, 4) is 11.3 Å². The number of anilines is 1. The average Bonchev–Trinajstić information content (AvgIpc) is 2.92. The molecule has 0 fully saturated rings. The van der Waals surface area contributed by atoms with Crippen molar-refractivity contribution in [1.29, 1.82) is 0 Å². The minimum absolute atomic E-state index is 0.00315. The topological polar surface area (TPSA) is 68.0 Å². The number of carbonyl (C=O) groups excluding carboxylic acids is 1. The van der Waals surface area contributed by atoms with Crippen molar-refractivity contribution in [3.05, 3.63) is 34.7 Å². The van der Waals surface area contributed by atoms with E-state index in [-0.39, 0.29) is 11.8 Å². The molecule has 2 aromatic rings. The van der Waals surface area contributed by atoms with Crippen molar-refractivity contribution in [1.82, 2.24) is 4.98 Å². The Morgan fingerprint density at radius 1 is 1.38 bits per heavy atom. The summed E-state index contributed by atoms with van der Waals surface area (Å²) in [6.07, 6.45) is 1.77. The lowest BCUT2D eigenvalue weighted by Gasteiger charge is -2.14. The molecule has 0 aliphatic carbocycles. The quantitative estimate of drug-likeness (QED) is 0.859. The van der Waals surface area contributed by atoms with Gasteiger partial charge in [-0.15, -0.1) is 11.3 Å². The lowest BCUT2D eigenvalue weighted by Crippen LogP contribution is -2.29. The van der Waals surface area contributed by atoms with Gasteiger partial charge in [0.1, 0.15) is 0 Å². The third kappa shape index (κ3) is 4.12. The minimum atomic E-state index is -0.115. The molecule has 1 heterocycles. The van der Waals surface area contributed by atoms with Crippen LogP contribution in [0.4, 0.5) is 5.69 Å². The monoisotopic (exact) mass is 303 g/mol. The van der Waals surface area contributed by atoms with Gasteiger partial charge in [0.05, 0.1) is 16.6 Å². The summed E-state index contributed by atoms with van der Waals surface area (Å²) in [5, 5.41) is 6.01. The summed E-state index contributed by atoms with van der Waals surface area (Å²) in [7, 11) is 0. The molecule has 2 rings (SSSR count). The Hall–Kier alpha value is -1.72. The molecule has 1 aromatic heterocycles. The maximum absolute atomic E-state index is 12.1. The number of hydrogen-bond donors (Lipinski definition) is 2. The average molecular weight is 303 g/mol. The fraction of sp³-hybridized carbons (Fsp3) is 0.375. The molecular weight excluding hydrogens is 282 g/mol. The zero-order chi connectivity index (χ0) is 15.2. The molecule has 0 bridgehead atoms. The van der Waals surface area contributed by atoms with Crippen molar-refractivity contribution in [2.24, 2.45) is 11.7 Å². The molecule has 1 amide bonds. The number of nitrogens with zero attached hydrogens (tertiary/aromatic N) is 1. The summed E-state index contributed by atoms with van der Waals surface area (Å²) in [5.74, 6) is -0.118. The van der Waals surface area contributed by atoms with Gasteiger partial charge in [-0.05, 0) is 25.5 Å². The van der Waals surface area contributed by atoms with Crippen LogP contribution in [0.1, 0.15) is 24.8 Å². The van der Waals surface area contributed by atoms with E-state index in [4.69, 9.17) is 5.73 Å². The van der Waals surface area contributed by atoms with Gasteiger partial charge in [-0.3, -0.25) is 4.79 Å². The Morgan fingerprint density at radius 3 is 2.62 bits per heavy atom. The van der Waals surface area contributed by atoms with E-state index in [9.17, 15) is 4.79 Å². The summed E-state index contributed by atoms with van der Waals surface area (Å²) in [5.41, 5.74) is 8.47. The molecule has 21 heavy (non-hydrogen) atoms. The molecule has 0 saturated heterocycles. The molecule has 0 aliphatic heterocycles. The summed E-state index contributed by atoms with van der Waals surface area (Å²) >= 11 is 1.63. The highest BCUT2D eigenvalue weighted by Gasteiger charge is 2.15. The maximum atomic E-state index is 12.1. The number of benzene rings is 1. The van der Waals surface area contributed by atoms with Crippen LogP contribution < -0.4 is 11.1 Å². The molecule has 1 aromatic carbocycles. The number of amides is 1. The first-order valence-corrected chi connectivity index (χ1v) is 8.05. The van der Waals surface area contributed by atoms with Gasteiger partial charge in [-0.1, -0.05) is 25.5 Å². The molecule has 0 radical (unpaired) electrons. The Morgan fingerprint density at radius 2 is 2.10 bits per heavy atom. The van der Waals surface area contributed by atoms with Gasteiger partial charge < -0.3 is 11.1 Å². The van der Waals surface area contributed by atoms with Gasteiger partial charge in [-0.25, -0.2) is 4.98 Å². The number of nitrogens with one attached hydrogen (secondary N) is 1. The third-order valence-electron chi connectivity index (χ3n) is 3.36. The molecule has 3 N–H and O–H groups in total. The van der Waals surface area contributed by atoms with E-state index in [0.717, 1.165) is 34.8 Å². The minimum Gasteiger partial charge on any atom is -0.330 e. The molecule has 1 unspecified atom stereocenters. The molecule has 5 heteroatoms. The van der Waals surface area contributed by atoms with Crippen LogP contribution >= 0.6 is 11.3 Å². The Balaban J connectivity index is 2.04. The number of aromatic nitrogens is 1. The highest BCUT2D eigenvalue weighted by atomic mass is 32.1. The predicted octanol–water partition coefficient (Wildman–Crippen LogP) is 3.43. The number of hydrogen-bond acceptors (Lipinski definition) is 4. The van der Waals surface area contributed by atoms with Crippen LogP contribution in [0.25, 0.3) is 11.3 Å².